The van der Waals surface area contributed by atoms with E-state index in [0.29, 0.717) is 11.3 Å². The summed E-state index contributed by atoms with van der Waals surface area (Å²) in [6, 6.07) is 7.52. The van der Waals surface area contributed by atoms with Gasteiger partial charge in [0.05, 0.1) is 7.11 Å². The zero-order valence-corrected chi connectivity index (χ0v) is 13.5. The number of ether oxygens (including phenoxy) is 1. The molecule has 1 aromatic rings. The quantitative estimate of drug-likeness (QED) is 0.635. The Bertz CT molecular complexity index is 629. The first kappa shape index (κ1) is 15.6. The van der Waals surface area contributed by atoms with Crippen LogP contribution in [0.4, 0.5) is 0 Å². The molecule has 0 saturated carbocycles. The average Bonchev–Trinajstić information content (AvgIpc) is 2.91. The number of carbonyl (C=O) groups excluding carboxylic acids is 1. The molecule has 0 amide bonds. The van der Waals surface area contributed by atoms with Gasteiger partial charge < -0.3 is 14.5 Å². The van der Waals surface area contributed by atoms with E-state index in [9.17, 15) is 4.79 Å². The van der Waals surface area contributed by atoms with Gasteiger partial charge in [-0.2, -0.15) is 0 Å². The van der Waals surface area contributed by atoms with E-state index in [2.05, 4.69) is 10.1 Å². The van der Waals surface area contributed by atoms with Crippen LogP contribution in [0.3, 0.4) is 0 Å². The molecular weight excluding hydrogens is 292 g/mol. The molecular formula is C18H22N2O3. The number of methoxy groups -OCH3 is 1. The minimum atomic E-state index is -0.384. The van der Waals surface area contributed by atoms with Crippen molar-refractivity contribution in [2.24, 2.45) is 5.16 Å². The molecule has 5 heteroatoms. The SMILES string of the molecule is COc1cccc(C2=NOC(=O)C2=CN2CCCCCCC2)c1. The predicted molar refractivity (Wildman–Crippen MR) is 88.4 cm³/mol. The third kappa shape index (κ3) is 3.73. The van der Waals surface area contributed by atoms with E-state index in [4.69, 9.17) is 9.57 Å². The Morgan fingerprint density at radius 1 is 1.17 bits per heavy atom. The molecule has 2 heterocycles. The monoisotopic (exact) mass is 314 g/mol. The van der Waals surface area contributed by atoms with Gasteiger partial charge >= 0.3 is 5.97 Å². The van der Waals surface area contributed by atoms with Crippen molar-refractivity contribution < 1.29 is 14.4 Å². The van der Waals surface area contributed by atoms with E-state index in [0.717, 1.165) is 37.2 Å². The number of rotatable bonds is 3. The van der Waals surface area contributed by atoms with Crippen LogP contribution in [0.25, 0.3) is 0 Å². The highest BCUT2D eigenvalue weighted by atomic mass is 16.7. The van der Waals surface area contributed by atoms with Crippen LogP contribution < -0.4 is 4.74 Å². The fourth-order valence-corrected chi connectivity index (χ4v) is 2.96. The summed E-state index contributed by atoms with van der Waals surface area (Å²) in [6.45, 7) is 1.95. The number of oxime groups is 1. The Morgan fingerprint density at radius 2 is 1.91 bits per heavy atom. The maximum absolute atomic E-state index is 12.1. The highest BCUT2D eigenvalue weighted by molar-refractivity contribution is 6.28. The van der Waals surface area contributed by atoms with E-state index < -0.39 is 0 Å². The lowest BCUT2D eigenvalue weighted by atomic mass is 10.0. The second-order valence-corrected chi connectivity index (χ2v) is 5.90. The summed E-state index contributed by atoms with van der Waals surface area (Å²) in [6.07, 6.45) is 8.04. The van der Waals surface area contributed by atoms with E-state index >= 15 is 0 Å². The molecule has 1 fully saturated rings. The van der Waals surface area contributed by atoms with Crippen LogP contribution in [0.2, 0.25) is 0 Å². The molecule has 23 heavy (non-hydrogen) atoms. The average molecular weight is 314 g/mol. The second-order valence-electron chi connectivity index (χ2n) is 5.90. The summed E-state index contributed by atoms with van der Waals surface area (Å²) in [7, 11) is 1.62. The van der Waals surface area contributed by atoms with Crippen LogP contribution in [0.1, 0.15) is 37.7 Å². The number of nitrogens with zero attached hydrogens (tertiary/aromatic N) is 2. The maximum Gasteiger partial charge on any atom is 0.369 e. The van der Waals surface area contributed by atoms with E-state index in [1.165, 1.54) is 19.3 Å². The van der Waals surface area contributed by atoms with Gasteiger partial charge in [-0.25, -0.2) is 4.79 Å². The first-order valence-electron chi connectivity index (χ1n) is 8.18. The van der Waals surface area contributed by atoms with Crippen LogP contribution in [0.5, 0.6) is 5.75 Å². The lowest BCUT2D eigenvalue weighted by Gasteiger charge is -2.23. The van der Waals surface area contributed by atoms with Crippen molar-refractivity contribution in [1.82, 2.24) is 4.90 Å². The molecule has 0 atom stereocenters. The maximum atomic E-state index is 12.1. The van der Waals surface area contributed by atoms with Crippen molar-refractivity contribution in [2.75, 3.05) is 20.2 Å². The summed E-state index contributed by atoms with van der Waals surface area (Å²) in [5, 5.41) is 3.97. The highest BCUT2D eigenvalue weighted by Crippen LogP contribution is 2.22. The number of likely N-dealkylation sites (tertiary alicyclic amines) is 1. The molecule has 0 aromatic heterocycles. The van der Waals surface area contributed by atoms with Crippen molar-refractivity contribution in [2.45, 2.75) is 32.1 Å². The largest absolute Gasteiger partial charge is 0.497 e. The van der Waals surface area contributed by atoms with Crippen LogP contribution in [-0.4, -0.2) is 36.8 Å². The fraction of sp³-hybridized carbons (Fsp3) is 0.444. The molecule has 1 aromatic carbocycles. The van der Waals surface area contributed by atoms with E-state index in [1.54, 1.807) is 7.11 Å². The molecule has 3 rings (SSSR count). The molecule has 2 aliphatic rings. The van der Waals surface area contributed by atoms with Gasteiger partial charge in [0.2, 0.25) is 0 Å². The number of benzene rings is 1. The fourth-order valence-electron chi connectivity index (χ4n) is 2.96. The third-order valence-corrected chi connectivity index (χ3v) is 4.24. The molecule has 0 radical (unpaired) electrons. The van der Waals surface area contributed by atoms with Gasteiger partial charge in [-0.15, -0.1) is 0 Å². The summed E-state index contributed by atoms with van der Waals surface area (Å²) >= 11 is 0. The smallest absolute Gasteiger partial charge is 0.369 e. The molecule has 0 unspecified atom stereocenters. The zero-order valence-electron chi connectivity index (χ0n) is 13.5. The second kappa shape index (κ2) is 7.31. The van der Waals surface area contributed by atoms with E-state index in [-0.39, 0.29) is 5.97 Å². The van der Waals surface area contributed by atoms with Gasteiger partial charge in [0, 0.05) is 24.9 Å². The van der Waals surface area contributed by atoms with Crippen molar-refractivity contribution >= 4 is 11.7 Å². The molecule has 2 aliphatic heterocycles. The molecule has 5 nitrogen and oxygen atoms in total. The first-order valence-corrected chi connectivity index (χ1v) is 8.18. The Hall–Kier alpha value is -2.30. The molecule has 0 aliphatic carbocycles. The Morgan fingerprint density at radius 3 is 2.65 bits per heavy atom. The van der Waals surface area contributed by atoms with Gasteiger partial charge in [0.25, 0.3) is 0 Å². The van der Waals surface area contributed by atoms with Crippen molar-refractivity contribution in [3.8, 4) is 5.75 Å². The van der Waals surface area contributed by atoms with Gasteiger partial charge in [0.15, 0.2) is 0 Å². The van der Waals surface area contributed by atoms with Crippen LogP contribution in [0.15, 0.2) is 41.2 Å². The van der Waals surface area contributed by atoms with Crippen molar-refractivity contribution in [3.63, 3.8) is 0 Å². The standard InChI is InChI=1S/C18H22N2O3/c1-22-15-9-7-8-14(12-15)17-16(18(21)23-19-17)13-20-10-5-3-2-4-6-11-20/h7-9,12-13H,2-6,10-11H2,1H3. The minimum Gasteiger partial charge on any atom is -0.497 e. The lowest BCUT2D eigenvalue weighted by molar-refractivity contribution is -0.136. The van der Waals surface area contributed by atoms with Crippen molar-refractivity contribution in [3.05, 3.63) is 41.6 Å². The first-order chi connectivity index (χ1) is 11.3. The van der Waals surface area contributed by atoms with Gasteiger partial charge in [-0.3, -0.25) is 0 Å². The molecule has 0 spiro atoms. The summed E-state index contributed by atoms with van der Waals surface area (Å²) in [4.78, 5) is 19.2. The third-order valence-electron chi connectivity index (χ3n) is 4.24. The zero-order chi connectivity index (χ0) is 16.1. The topological polar surface area (TPSA) is 51.1 Å². The van der Waals surface area contributed by atoms with Gasteiger partial charge in [-0.1, -0.05) is 36.6 Å². The number of hydrogen-bond donors (Lipinski definition) is 0. The molecule has 0 N–H and O–H groups in total. The number of carbonyl (C=O) groups is 1. The lowest BCUT2D eigenvalue weighted by Crippen LogP contribution is -2.24. The minimum absolute atomic E-state index is 0.384. The normalized spacial score (nSPS) is 20.7. The Kier molecular flexibility index (Phi) is 4.95. The van der Waals surface area contributed by atoms with Gasteiger partial charge in [-0.05, 0) is 25.0 Å². The van der Waals surface area contributed by atoms with Gasteiger partial charge in [0.1, 0.15) is 17.0 Å². The summed E-state index contributed by atoms with van der Waals surface area (Å²) in [5.74, 6) is 0.347. The molecule has 1 saturated heterocycles. The predicted octanol–water partition coefficient (Wildman–Crippen LogP) is 3.11. The molecule has 122 valence electrons. The van der Waals surface area contributed by atoms with E-state index in [1.807, 2.05) is 30.5 Å². The Balaban J connectivity index is 1.84. The van der Waals surface area contributed by atoms with Crippen molar-refractivity contribution in [1.29, 1.82) is 0 Å². The molecule has 0 bridgehead atoms. The summed E-state index contributed by atoms with van der Waals surface area (Å²) < 4.78 is 5.25. The van der Waals surface area contributed by atoms with Crippen LogP contribution in [-0.2, 0) is 9.63 Å². The van der Waals surface area contributed by atoms with Crippen LogP contribution in [0, 0.1) is 0 Å². The summed E-state index contributed by atoms with van der Waals surface area (Å²) in [5.41, 5.74) is 1.93. The Labute approximate surface area is 136 Å². The highest BCUT2D eigenvalue weighted by Gasteiger charge is 2.28. The van der Waals surface area contributed by atoms with Crippen LogP contribution >= 0.6 is 0 Å². The number of hydrogen-bond acceptors (Lipinski definition) is 5.